The molecule has 0 aromatic carbocycles. The Labute approximate surface area is 73.6 Å². The second-order valence-corrected chi connectivity index (χ2v) is 3.60. The first-order valence-corrected chi connectivity index (χ1v) is 4.48. The lowest BCUT2D eigenvalue weighted by atomic mass is 10.2. The Bertz CT molecular complexity index is 202. The van der Waals surface area contributed by atoms with Gasteiger partial charge in [0.2, 0.25) is 0 Å². The Morgan fingerprint density at radius 1 is 1.58 bits per heavy atom. The third-order valence-corrected chi connectivity index (χ3v) is 2.17. The summed E-state index contributed by atoms with van der Waals surface area (Å²) in [7, 11) is 0. The molecule has 0 N–H and O–H groups in total. The lowest BCUT2D eigenvalue weighted by Crippen LogP contribution is -2.19. The van der Waals surface area contributed by atoms with E-state index in [1.54, 1.807) is 6.92 Å². The fourth-order valence-corrected chi connectivity index (χ4v) is 1.28. The third kappa shape index (κ3) is 2.10. The molecule has 0 saturated heterocycles. The van der Waals surface area contributed by atoms with Gasteiger partial charge in [-0.15, -0.1) is 0 Å². The van der Waals surface area contributed by atoms with Crippen LogP contribution in [-0.4, -0.2) is 11.6 Å². The largest absolute Gasteiger partial charge is 0.456 e. The first kappa shape index (κ1) is 9.30. The highest BCUT2D eigenvalue weighted by molar-refractivity contribution is 5.87. The van der Waals surface area contributed by atoms with E-state index >= 15 is 0 Å². The van der Waals surface area contributed by atoms with Crippen LogP contribution in [0.5, 0.6) is 0 Å². The molecule has 0 aromatic heterocycles. The minimum atomic E-state index is -0.235. The quantitative estimate of drug-likeness (QED) is 0.476. The number of hydrogen-bond acceptors (Lipinski definition) is 2. The molecule has 0 radical (unpaired) electrons. The Hall–Kier alpha value is -0.790. The van der Waals surface area contributed by atoms with Crippen LogP contribution in [0.1, 0.15) is 39.5 Å². The fourth-order valence-electron chi connectivity index (χ4n) is 1.28. The summed E-state index contributed by atoms with van der Waals surface area (Å²) in [6.07, 6.45) is 4.12. The molecule has 2 nitrogen and oxygen atoms in total. The van der Waals surface area contributed by atoms with E-state index in [1.165, 1.54) is 0 Å². The Kier molecular flexibility index (Phi) is 2.55. The molecular formula is C10H16O2. The van der Waals surface area contributed by atoms with Crippen LogP contribution in [0.25, 0.3) is 0 Å². The summed E-state index contributed by atoms with van der Waals surface area (Å²) < 4.78 is 5.31. The average molecular weight is 168 g/mol. The van der Waals surface area contributed by atoms with Crippen LogP contribution in [-0.2, 0) is 9.53 Å². The summed E-state index contributed by atoms with van der Waals surface area (Å²) in [6.45, 7) is 7.34. The molecule has 1 fully saturated rings. The minimum absolute atomic E-state index is 0.106. The van der Waals surface area contributed by atoms with Gasteiger partial charge >= 0.3 is 5.97 Å². The maximum Gasteiger partial charge on any atom is 0.333 e. The molecule has 12 heavy (non-hydrogen) atoms. The van der Waals surface area contributed by atoms with Gasteiger partial charge in [-0.3, -0.25) is 0 Å². The highest BCUT2D eigenvalue weighted by Crippen LogP contribution is 2.43. The van der Waals surface area contributed by atoms with Crippen molar-refractivity contribution < 1.29 is 9.53 Å². The SMILES string of the molecule is C=C(C)C(=O)OC1(CCC)CC1. The number of ether oxygens (including phenoxy) is 1. The normalized spacial score (nSPS) is 18.5. The molecule has 0 bridgehead atoms. The fraction of sp³-hybridized carbons (Fsp3) is 0.700. The van der Waals surface area contributed by atoms with Crippen LogP contribution in [0.3, 0.4) is 0 Å². The van der Waals surface area contributed by atoms with Gasteiger partial charge in [0.1, 0.15) is 5.60 Å². The van der Waals surface area contributed by atoms with Crippen molar-refractivity contribution in [2.75, 3.05) is 0 Å². The van der Waals surface area contributed by atoms with E-state index in [0.717, 1.165) is 25.7 Å². The molecule has 0 atom stereocenters. The van der Waals surface area contributed by atoms with E-state index in [-0.39, 0.29) is 11.6 Å². The summed E-state index contributed by atoms with van der Waals surface area (Å²) in [6, 6.07) is 0. The Morgan fingerprint density at radius 2 is 2.17 bits per heavy atom. The van der Waals surface area contributed by atoms with Gasteiger partial charge in [0.05, 0.1) is 0 Å². The number of rotatable bonds is 4. The Morgan fingerprint density at radius 3 is 2.50 bits per heavy atom. The van der Waals surface area contributed by atoms with Gasteiger partial charge in [-0.1, -0.05) is 19.9 Å². The van der Waals surface area contributed by atoms with Gasteiger partial charge in [-0.25, -0.2) is 4.79 Å². The van der Waals surface area contributed by atoms with Gasteiger partial charge in [-0.2, -0.15) is 0 Å². The van der Waals surface area contributed by atoms with E-state index in [0.29, 0.717) is 5.57 Å². The maximum atomic E-state index is 11.2. The summed E-state index contributed by atoms with van der Waals surface area (Å²) >= 11 is 0. The zero-order chi connectivity index (χ0) is 9.19. The molecule has 1 aliphatic carbocycles. The molecule has 1 aliphatic rings. The first-order chi connectivity index (χ1) is 5.59. The highest BCUT2D eigenvalue weighted by atomic mass is 16.6. The molecule has 2 heteroatoms. The van der Waals surface area contributed by atoms with Crippen molar-refractivity contribution >= 4 is 5.97 Å². The predicted octanol–water partition coefficient (Wildman–Crippen LogP) is 2.44. The van der Waals surface area contributed by atoms with Crippen molar-refractivity contribution in [2.24, 2.45) is 0 Å². The number of carbonyl (C=O) groups is 1. The van der Waals surface area contributed by atoms with Crippen molar-refractivity contribution in [1.82, 2.24) is 0 Å². The zero-order valence-corrected chi connectivity index (χ0v) is 7.85. The number of esters is 1. The summed E-state index contributed by atoms with van der Waals surface area (Å²) in [5.74, 6) is -0.235. The molecule has 1 saturated carbocycles. The summed E-state index contributed by atoms with van der Waals surface area (Å²) in [4.78, 5) is 11.2. The first-order valence-electron chi connectivity index (χ1n) is 4.48. The van der Waals surface area contributed by atoms with Crippen molar-refractivity contribution in [3.63, 3.8) is 0 Å². The highest BCUT2D eigenvalue weighted by Gasteiger charge is 2.45. The number of hydrogen-bond donors (Lipinski definition) is 0. The van der Waals surface area contributed by atoms with Crippen molar-refractivity contribution in [3.8, 4) is 0 Å². The van der Waals surface area contributed by atoms with Crippen molar-refractivity contribution in [1.29, 1.82) is 0 Å². The Balaban J connectivity index is 2.40. The summed E-state index contributed by atoms with van der Waals surface area (Å²) in [5, 5.41) is 0. The maximum absolute atomic E-state index is 11.2. The molecule has 1 rings (SSSR count). The van der Waals surface area contributed by atoms with Crippen LogP contribution in [0.15, 0.2) is 12.2 Å². The van der Waals surface area contributed by atoms with Crippen molar-refractivity contribution in [3.05, 3.63) is 12.2 Å². The van der Waals surface area contributed by atoms with Crippen LogP contribution < -0.4 is 0 Å². The zero-order valence-electron chi connectivity index (χ0n) is 7.85. The molecule has 0 spiro atoms. The second kappa shape index (κ2) is 3.30. The van der Waals surface area contributed by atoms with Crippen LogP contribution in [0.2, 0.25) is 0 Å². The monoisotopic (exact) mass is 168 g/mol. The van der Waals surface area contributed by atoms with E-state index in [4.69, 9.17) is 4.74 Å². The van der Waals surface area contributed by atoms with Gasteiger partial charge in [0.15, 0.2) is 0 Å². The second-order valence-electron chi connectivity index (χ2n) is 3.60. The number of carbonyl (C=O) groups excluding carboxylic acids is 1. The predicted molar refractivity (Wildman–Crippen MR) is 47.8 cm³/mol. The average Bonchev–Trinajstić information content (AvgIpc) is 2.69. The molecule has 68 valence electrons. The molecule has 0 aromatic rings. The van der Waals surface area contributed by atoms with E-state index in [9.17, 15) is 4.79 Å². The minimum Gasteiger partial charge on any atom is -0.456 e. The van der Waals surface area contributed by atoms with E-state index in [1.807, 2.05) is 0 Å². The van der Waals surface area contributed by atoms with Gasteiger partial charge in [0.25, 0.3) is 0 Å². The van der Waals surface area contributed by atoms with Crippen LogP contribution >= 0.6 is 0 Å². The molecule has 0 amide bonds. The lowest BCUT2D eigenvalue weighted by molar-refractivity contribution is -0.146. The van der Waals surface area contributed by atoms with Crippen molar-refractivity contribution in [2.45, 2.75) is 45.1 Å². The van der Waals surface area contributed by atoms with E-state index < -0.39 is 0 Å². The summed E-state index contributed by atoms with van der Waals surface area (Å²) in [5.41, 5.74) is 0.391. The van der Waals surface area contributed by atoms with Gasteiger partial charge in [0, 0.05) is 5.57 Å². The standard InChI is InChI=1S/C10H16O2/c1-4-5-10(6-7-10)12-9(11)8(2)3/h2,4-7H2,1,3H3. The van der Waals surface area contributed by atoms with Gasteiger partial charge in [-0.05, 0) is 26.2 Å². The van der Waals surface area contributed by atoms with E-state index in [2.05, 4.69) is 13.5 Å². The third-order valence-electron chi connectivity index (χ3n) is 2.17. The molecular weight excluding hydrogens is 152 g/mol. The van der Waals surface area contributed by atoms with Gasteiger partial charge < -0.3 is 4.74 Å². The smallest absolute Gasteiger partial charge is 0.333 e. The van der Waals surface area contributed by atoms with Crippen LogP contribution in [0, 0.1) is 0 Å². The molecule has 0 unspecified atom stereocenters. The van der Waals surface area contributed by atoms with Crippen LogP contribution in [0.4, 0.5) is 0 Å². The molecule has 0 aliphatic heterocycles. The lowest BCUT2D eigenvalue weighted by Gasteiger charge is -2.15. The molecule has 0 heterocycles. The topological polar surface area (TPSA) is 26.3 Å².